The lowest BCUT2D eigenvalue weighted by atomic mass is 9.97. The lowest BCUT2D eigenvalue weighted by molar-refractivity contribution is 0.247. The molecule has 1 aliphatic rings. The Morgan fingerprint density at radius 2 is 1.82 bits per heavy atom. The molecule has 0 saturated carbocycles. The van der Waals surface area contributed by atoms with Gasteiger partial charge in [-0.15, -0.1) is 11.3 Å². The minimum absolute atomic E-state index is 0.199. The number of hydrogen-bond donors (Lipinski definition) is 3. The quantitative estimate of drug-likeness (QED) is 0.422. The number of nitrogens with zero attached hydrogens (tertiary/aromatic N) is 3. The first-order valence-electron chi connectivity index (χ1n) is 11.7. The molecular formula is C26H36N6S. The van der Waals surface area contributed by atoms with Crippen molar-refractivity contribution in [2.24, 2.45) is 5.41 Å². The van der Waals surface area contributed by atoms with Crippen LogP contribution in [0, 0.1) is 12.3 Å². The molecule has 3 N–H and O–H groups in total. The first kappa shape index (κ1) is 23.5. The third-order valence-electron chi connectivity index (χ3n) is 5.89. The van der Waals surface area contributed by atoms with Gasteiger partial charge in [-0.3, -0.25) is 4.90 Å². The van der Waals surface area contributed by atoms with Gasteiger partial charge < -0.3 is 16.0 Å². The Labute approximate surface area is 201 Å². The lowest BCUT2D eigenvalue weighted by Gasteiger charge is -2.26. The molecule has 1 aliphatic heterocycles. The van der Waals surface area contributed by atoms with Crippen LogP contribution in [0.1, 0.15) is 41.9 Å². The second-order valence-corrected chi connectivity index (χ2v) is 11.2. The van der Waals surface area contributed by atoms with Crippen molar-refractivity contribution in [1.82, 2.24) is 14.9 Å². The highest BCUT2D eigenvalue weighted by molar-refractivity contribution is 7.11. The van der Waals surface area contributed by atoms with E-state index in [1.807, 2.05) is 25.4 Å². The number of aryl methyl sites for hydroxylation is 1. The summed E-state index contributed by atoms with van der Waals surface area (Å²) in [5, 5.41) is 11.3. The number of pyridine rings is 1. The van der Waals surface area contributed by atoms with E-state index in [4.69, 9.17) is 4.98 Å². The standard InChI is InChI=1S/C26H36N6S/c1-17-30-22-11-12-32(15-24(22)33-17)14-18-7-8-20(27-5)19(13-18)21-9-10-23(25(28-6)31-21)29-16-26(2,3)4/h7-10,13,27,29H,11-12,14-16H2,1-6H3,(H,28,31). The second kappa shape index (κ2) is 9.69. The summed E-state index contributed by atoms with van der Waals surface area (Å²) in [5.41, 5.74) is 7.00. The number of thiazole rings is 1. The molecule has 176 valence electrons. The first-order chi connectivity index (χ1) is 15.8. The molecule has 0 bridgehead atoms. The van der Waals surface area contributed by atoms with E-state index in [1.165, 1.54) is 21.1 Å². The molecule has 33 heavy (non-hydrogen) atoms. The molecule has 0 radical (unpaired) electrons. The van der Waals surface area contributed by atoms with E-state index >= 15 is 0 Å². The Morgan fingerprint density at radius 1 is 1.03 bits per heavy atom. The fraction of sp³-hybridized carbons (Fsp3) is 0.462. The summed E-state index contributed by atoms with van der Waals surface area (Å²) in [7, 11) is 3.89. The van der Waals surface area contributed by atoms with Crippen molar-refractivity contribution in [2.45, 2.75) is 47.2 Å². The van der Waals surface area contributed by atoms with Crippen LogP contribution in [0.15, 0.2) is 30.3 Å². The van der Waals surface area contributed by atoms with Crippen molar-refractivity contribution in [2.75, 3.05) is 43.1 Å². The molecule has 0 atom stereocenters. The predicted molar refractivity (Wildman–Crippen MR) is 141 cm³/mol. The molecule has 1 aromatic carbocycles. The number of benzene rings is 1. The second-order valence-electron chi connectivity index (χ2n) is 9.95. The summed E-state index contributed by atoms with van der Waals surface area (Å²) < 4.78 is 0. The van der Waals surface area contributed by atoms with E-state index in [-0.39, 0.29) is 5.41 Å². The fourth-order valence-corrected chi connectivity index (χ4v) is 5.22. The van der Waals surface area contributed by atoms with Crippen LogP contribution in [-0.2, 0) is 19.5 Å². The van der Waals surface area contributed by atoms with Gasteiger partial charge >= 0.3 is 0 Å². The Balaban J connectivity index is 1.57. The van der Waals surface area contributed by atoms with Gasteiger partial charge in [0.1, 0.15) is 5.82 Å². The van der Waals surface area contributed by atoms with E-state index < -0.39 is 0 Å². The minimum Gasteiger partial charge on any atom is -0.388 e. The molecule has 0 amide bonds. The van der Waals surface area contributed by atoms with Crippen molar-refractivity contribution >= 4 is 28.5 Å². The van der Waals surface area contributed by atoms with Gasteiger partial charge in [0.25, 0.3) is 0 Å². The Kier molecular flexibility index (Phi) is 6.91. The van der Waals surface area contributed by atoms with Gasteiger partial charge in [-0.1, -0.05) is 26.8 Å². The minimum atomic E-state index is 0.199. The number of anilines is 3. The molecule has 2 aromatic heterocycles. The van der Waals surface area contributed by atoms with Gasteiger partial charge in [-0.2, -0.15) is 0 Å². The fourth-order valence-electron chi connectivity index (χ4n) is 4.19. The zero-order valence-corrected chi connectivity index (χ0v) is 21.5. The van der Waals surface area contributed by atoms with Gasteiger partial charge in [-0.05, 0) is 42.2 Å². The van der Waals surface area contributed by atoms with Crippen LogP contribution in [0.5, 0.6) is 0 Å². The largest absolute Gasteiger partial charge is 0.388 e. The smallest absolute Gasteiger partial charge is 0.149 e. The summed E-state index contributed by atoms with van der Waals surface area (Å²) in [6.45, 7) is 12.6. The average Bonchev–Trinajstić information content (AvgIpc) is 3.16. The molecule has 0 spiro atoms. The van der Waals surface area contributed by atoms with Gasteiger partial charge in [0.2, 0.25) is 0 Å². The third-order valence-corrected chi connectivity index (χ3v) is 6.89. The number of hydrogen-bond acceptors (Lipinski definition) is 7. The van der Waals surface area contributed by atoms with Crippen LogP contribution in [0.3, 0.4) is 0 Å². The topological polar surface area (TPSA) is 65.1 Å². The number of fused-ring (bicyclic) bond motifs is 1. The van der Waals surface area contributed by atoms with Crippen LogP contribution in [0.2, 0.25) is 0 Å². The number of aromatic nitrogens is 2. The summed E-state index contributed by atoms with van der Waals surface area (Å²) in [6, 6.07) is 10.9. The molecular weight excluding hydrogens is 428 g/mol. The van der Waals surface area contributed by atoms with Crippen LogP contribution < -0.4 is 16.0 Å². The molecule has 0 fully saturated rings. The highest BCUT2D eigenvalue weighted by Crippen LogP contribution is 2.32. The van der Waals surface area contributed by atoms with Gasteiger partial charge in [0.05, 0.1) is 22.1 Å². The highest BCUT2D eigenvalue weighted by atomic mass is 32.1. The van der Waals surface area contributed by atoms with Crippen molar-refractivity contribution in [1.29, 1.82) is 0 Å². The summed E-state index contributed by atoms with van der Waals surface area (Å²) in [5.74, 6) is 0.869. The molecule has 3 heterocycles. The molecule has 0 saturated heterocycles. The molecule has 3 aromatic rings. The molecule has 0 aliphatic carbocycles. The van der Waals surface area contributed by atoms with Gasteiger partial charge in [0, 0.05) is 62.8 Å². The van der Waals surface area contributed by atoms with Crippen molar-refractivity contribution in [3.8, 4) is 11.3 Å². The Bertz CT molecular complexity index is 1110. The van der Waals surface area contributed by atoms with Crippen LogP contribution in [-0.4, -0.2) is 42.1 Å². The monoisotopic (exact) mass is 464 g/mol. The summed E-state index contributed by atoms with van der Waals surface area (Å²) in [6.07, 6.45) is 1.04. The zero-order valence-electron chi connectivity index (χ0n) is 20.7. The SMILES string of the molecule is CNc1ccc(CN2CCc3nc(C)sc3C2)cc1-c1ccc(NCC(C)(C)C)c(NC)n1. The summed E-state index contributed by atoms with van der Waals surface area (Å²) >= 11 is 1.84. The Morgan fingerprint density at radius 3 is 2.55 bits per heavy atom. The maximum atomic E-state index is 4.96. The zero-order chi connectivity index (χ0) is 23.6. The lowest BCUT2D eigenvalue weighted by Crippen LogP contribution is -2.29. The predicted octanol–water partition coefficient (Wildman–Crippen LogP) is 5.61. The van der Waals surface area contributed by atoms with E-state index in [0.29, 0.717) is 0 Å². The van der Waals surface area contributed by atoms with E-state index in [9.17, 15) is 0 Å². The van der Waals surface area contributed by atoms with Crippen molar-refractivity contribution in [3.05, 3.63) is 51.5 Å². The molecule has 0 unspecified atom stereocenters. The van der Waals surface area contributed by atoms with Crippen molar-refractivity contribution in [3.63, 3.8) is 0 Å². The van der Waals surface area contributed by atoms with Gasteiger partial charge in [0.15, 0.2) is 0 Å². The molecule has 7 heteroatoms. The maximum Gasteiger partial charge on any atom is 0.149 e. The number of rotatable bonds is 7. The van der Waals surface area contributed by atoms with Crippen molar-refractivity contribution < 1.29 is 0 Å². The number of nitrogens with one attached hydrogen (secondary N) is 3. The van der Waals surface area contributed by atoms with Crippen LogP contribution >= 0.6 is 11.3 Å². The maximum absolute atomic E-state index is 4.96. The average molecular weight is 465 g/mol. The van der Waals surface area contributed by atoms with E-state index in [1.54, 1.807) is 0 Å². The first-order valence-corrected chi connectivity index (χ1v) is 12.5. The third kappa shape index (κ3) is 5.65. The Hall–Kier alpha value is -2.64. The molecule has 6 nitrogen and oxygen atoms in total. The normalized spacial score (nSPS) is 14.1. The van der Waals surface area contributed by atoms with Crippen LogP contribution in [0.25, 0.3) is 11.3 Å². The highest BCUT2D eigenvalue weighted by Gasteiger charge is 2.20. The summed E-state index contributed by atoms with van der Waals surface area (Å²) in [4.78, 5) is 13.6. The van der Waals surface area contributed by atoms with E-state index in [0.717, 1.165) is 61.0 Å². The van der Waals surface area contributed by atoms with Gasteiger partial charge in [-0.25, -0.2) is 9.97 Å². The van der Waals surface area contributed by atoms with Crippen LogP contribution in [0.4, 0.5) is 17.2 Å². The van der Waals surface area contributed by atoms with E-state index in [2.05, 4.69) is 83.9 Å². The molecule has 4 rings (SSSR count).